The second-order valence-electron chi connectivity index (χ2n) is 6.87. The number of amides is 1. The zero-order valence-corrected chi connectivity index (χ0v) is 14.9. The Morgan fingerprint density at radius 2 is 1.91 bits per heavy atom. The molecule has 1 aliphatic heterocycles. The molecule has 0 spiro atoms. The molecule has 5 nitrogen and oxygen atoms in total. The van der Waals surface area contributed by atoms with E-state index in [0.717, 1.165) is 25.2 Å². The summed E-state index contributed by atoms with van der Waals surface area (Å²) in [4.78, 5) is 16.2. The van der Waals surface area contributed by atoms with Gasteiger partial charge in [0.2, 0.25) is 0 Å². The molecule has 0 atom stereocenters. The largest absolute Gasteiger partial charge is 0.444 e. The molecule has 0 radical (unpaired) electrons. The minimum Gasteiger partial charge on any atom is -0.444 e. The SMILES string of the molecule is CC(C)(C)OC(=O)N1CCN(Cc2ccc(Cl)c(CN)c2)CC1. The van der Waals surface area contributed by atoms with Gasteiger partial charge in [0.25, 0.3) is 0 Å². The van der Waals surface area contributed by atoms with Gasteiger partial charge in [-0.1, -0.05) is 23.7 Å². The third-order valence-corrected chi connectivity index (χ3v) is 4.13. The molecule has 1 saturated heterocycles. The molecule has 0 aliphatic carbocycles. The summed E-state index contributed by atoms with van der Waals surface area (Å²) in [6.45, 7) is 9.98. The first-order valence-electron chi connectivity index (χ1n) is 7.96. The van der Waals surface area contributed by atoms with Gasteiger partial charge in [-0.15, -0.1) is 0 Å². The van der Waals surface area contributed by atoms with Gasteiger partial charge in [-0.05, 0) is 38.0 Å². The third kappa shape index (κ3) is 5.37. The van der Waals surface area contributed by atoms with Gasteiger partial charge in [-0.25, -0.2) is 4.79 Å². The quantitative estimate of drug-likeness (QED) is 0.920. The molecule has 1 amide bonds. The number of hydrogen-bond acceptors (Lipinski definition) is 4. The van der Waals surface area contributed by atoms with Gasteiger partial charge in [-0.2, -0.15) is 0 Å². The Bertz CT molecular complexity index is 549. The maximum atomic E-state index is 12.1. The lowest BCUT2D eigenvalue weighted by molar-refractivity contribution is 0.0139. The molecule has 6 heteroatoms. The van der Waals surface area contributed by atoms with Crippen LogP contribution < -0.4 is 5.73 Å². The molecule has 1 aromatic rings. The molecule has 23 heavy (non-hydrogen) atoms. The van der Waals surface area contributed by atoms with Crippen LogP contribution in [0.25, 0.3) is 0 Å². The topological polar surface area (TPSA) is 58.8 Å². The minimum absolute atomic E-state index is 0.228. The summed E-state index contributed by atoms with van der Waals surface area (Å²) in [5.41, 5.74) is 7.41. The summed E-state index contributed by atoms with van der Waals surface area (Å²) in [6.07, 6.45) is -0.228. The number of ether oxygens (including phenoxy) is 1. The lowest BCUT2D eigenvalue weighted by Crippen LogP contribution is -2.49. The number of nitrogens with two attached hydrogens (primary N) is 1. The van der Waals surface area contributed by atoms with Crippen molar-refractivity contribution < 1.29 is 9.53 Å². The summed E-state index contributed by atoms with van der Waals surface area (Å²) in [5.74, 6) is 0. The van der Waals surface area contributed by atoms with E-state index in [0.29, 0.717) is 24.7 Å². The van der Waals surface area contributed by atoms with Crippen LogP contribution in [0.2, 0.25) is 5.02 Å². The fourth-order valence-electron chi connectivity index (χ4n) is 2.56. The predicted octanol–water partition coefficient (Wildman–Crippen LogP) is 2.85. The molecule has 0 aromatic heterocycles. The van der Waals surface area contributed by atoms with Crippen molar-refractivity contribution in [1.82, 2.24) is 9.80 Å². The van der Waals surface area contributed by atoms with Crippen LogP contribution >= 0.6 is 11.6 Å². The number of nitrogens with zero attached hydrogens (tertiary/aromatic N) is 2. The molecule has 1 heterocycles. The molecule has 1 aromatic carbocycles. The molecule has 2 N–H and O–H groups in total. The highest BCUT2D eigenvalue weighted by molar-refractivity contribution is 6.31. The molecule has 1 aliphatic rings. The summed E-state index contributed by atoms with van der Waals surface area (Å²) < 4.78 is 5.41. The highest BCUT2D eigenvalue weighted by Crippen LogP contribution is 2.19. The number of piperazine rings is 1. The molecular formula is C17H26ClN3O2. The van der Waals surface area contributed by atoms with Crippen molar-refractivity contribution in [3.63, 3.8) is 0 Å². The van der Waals surface area contributed by atoms with E-state index in [1.807, 2.05) is 32.9 Å². The predicted molar refractivity (Wildman–Crippen MR) is 92.4 cm³/mol. The van der Waals surface area contributed by atoms with Crippen LogP contribution in [0.3, 0.4) is 0 Å². The Hall–Kier alpha value is -1.30. The fraction of sp³-hybridized carbons (Fsp3) is 0.588. The Kier molecular flexibility index (Phi) is 5.89. The molecule has 128 valence electrons. The fourth-order valence-corrected chi connectivity index (χ4v) is 2.75. The number of halogens is 1. The smallest absolute Gasteiger partial charge is 0.410 e. The summed E-state index contributed by atoms with van der Waals surface area (Å²) in [7, 11) is 0. The Morgan fingerprint density at radius 3 is 2.48 bits per heavy atom. The monoisotopic (exact) mass is 339 g/mol. The van der Waals surface area contributed by atoms with Crippen LogP contribution in [0.15, 0.2) is 18.2 Å². The van der Waals surface area contributed by atoms with Crippen LogP contribution in [0.4, 0.5) is 4.79 Å². The van der Waals surface area contributed by atoms with Gasteiger partial charge in [0.1, 0.15) is 5.60 Å². The van der Waals surface area contributed by atoms with Crippen molar-refractivity contribution >= 4 is 17.7 Å². The van der Waals surface area contributed by atoms with Gasteiger partial charge in [0.15, 0.2) is 0 Å². The normalized spacial score (nSPS) is 16.5. The molecule has 0 unspecified atom stereocenters. The van der Waals surface area contributed by atoms with Gasteiger partial charge in [-0.3, -0.25) is 4.90 Å². The van der Waals surface area contributed by atoms with Crippen LogP contribution in [0, 0.1) is 0 Å². The number of carbonyl (C=O) groups excluding carboxylic acids is 1. The molecule has 2 rings (SSSR count). The second-order valence-corrected chi connectivity index (χ2v) is 7.28. The number of benzene rings is 1. The standard InChI is InChI=1S/C17H26ClN3O2/c1-17(2,3)23-16(22)21-8-6-20(7-9-21)12-13-4-5-15(18)14(10-13)11-19/h4-5,10H,6-9,11-12,19H2,1-3H3. The molecular weight excluding hydrogens is 314 g/mol. The average molecular weight is 340 g/mol. The number of carbonyl (C=O) groups is 1. The van der Waals surface area contributed by atoms with Crippen molar-refractivity contribution in [2.75, 3.05) is 26.2 Å². The van der Waals surface area contributed by atoms with Gasteiger partial charge < -0.3 is 15.4 Å². The van der Waals surface area contributed by atoms with Crippen LogP contribution in [-0.4, -0.2) is 47.7 Å². The lowest BCUT2D eigenvalue weighted by Gasteiger charge is -2.35. The van der Waals surface area contributed by atoms with Gasteiger partial charge in [0, 0.05) is 44.3 Å². The second kappa shape index (κ2) is 7.51. The van der Waals surface area contributed by atoms with E-state index in [1.165, 1.54) is 5.56 Å². The van der Waals surface area contributed by atoms with E-state index in [1.54, 1.807) is 4.90 Å². The van der Waals surface area contributed by atoms with Crippen LogP contribution in [0.5, 0.6) is 0 Å². The Morgan fingerprint density at radius 1 is 1.26 bits per heavy atom. The number of rotatable bonds is 3. The van der Waals surface area contributed by atoms with Gasteiger partial charge >= 0.3 is 6.09 Å². The van der Waals surface area contributed by atoms with E-state index < -0.39 is 5.60 Å². The van der Waals surface area contributed by atoms with Crippen molar-refractivity contribution in [2.45, 2.75) is 39.5 Å². The minimum atomic E-state index is -0.448. The van der Waals surface area contributed by atoms with Crippen molar-refractivity contribution in [2.24, 2.45) is 5.73 Å². The first-order valence-corrected chi connectivity index (χ1v) is 8.34. The summed E-state index contributed by atoms with van der Waals surface area (Å²) in [5, 5.41) is 0.714. The highest BCUT2D eigenvalue weighted by atomic mass is 35.5. The molecule has 1 fully saturated rings. The Balaban J connectivity index is 1.86. The van der Waals surface area contributed by atoms with Crippen molar-refractivity contribution in [3.05, 3.63) is 34.3 Å². The van der Waals surface area contributed by atoms with E-state index in [-0.39, 0.29) is 6.09 Å². The van der Waals surface area contributed by atoms with Gasteiger partial charge in [0.05, 0.1) is 0 Å². The first kappa shape index (κ1) is 18.0. The zero-order valence-electron chi connectivity index (χ0n) is 14.1. The summed E-state index contributed by atoms with van der Waals surface area (Å²) in [6, 6.07) is 5.99. The average Bonchev–Trinajstić information content (AvgIpc) is 2.48. The lowest BCUT2D eigenvalue weighted by atomic mass is 10.1. The van der Waals surface area contributed by atoms with E-state index in [9.17, 15) is 4.79 Å². The van der Waals surface area contributed by atoms with Crippen molar-refractivity contribution in [3.8, 4) is 0 Å². The summed E-state index contributed by atoms with van der Waals surface area (Å²) >= 11 is 6.09. The first-order chi connectivity index (χ1) is 10.8. The van der Waals surface area contributed by atoms with E-state index >= 15 is 0 Å². The van der Waals surface area contributed by atoms with Crippen molar-refractivity contribution in [1.29, 1.82) is 0 Å². The maximum absolute atomic E-state index is 12.1. The zero-order chi connectivity index (χ0) is 17.0. The van der Waals surface area contributed by atoms with E-state index in [2.05, 4.69) is 11.0 Å². The third-order valence-electron chi connectivity index (χ3n) is 3.76. The van der Waals surface area contributed by atoms with Crippen LogP contribution in [0.1, 0.15) is 31.9 Å². The maximum Gasteiger partial charge on any atom is 0.410 e. The number of hydrogen-bond donors (Lipinski definition) is 1. The highest BCUT2D eigenvalue weighted by Gasteiger charge is 2.25. The molecule has 0 saturated carbocycles. The Labute approximate surface area is 143 Å². The van der Waals surface area contributed by atoms with E-state index in [4.69, 9.17) is 22.1 Å². The van der Waals surface area contributed by atoms with Crippen LogP contribution in [-0.2, 0) is 17.8 Å². The molecule has 0 bridgehead atoms.